The van der Waals surface area contributed by atoms with Gasteiger partial charge in [0, 0.05) is 33.4 Å². The van der Waals surface area contributed by atoms with Crippen molar-refractivity contribution in [3.05, 3.63) is 289 Å². The smallest absolute Gasteiger partial charge is 0.0726 e. The highest BCUT2D eigenvalue weighted by Crippen LogP contribution is 2.64. The van der Waals surface area contributed by atoms with Gasteiger partial charge in [-0.1, -0.05) is 194 Å². The van der Waals surface area contributed by atoms with Crippen molar-refractivity contribution in [1.29, 1.82) is 0 Å². The highest BCUT2D eigenvalue weighted by Gasteiger charge is 2.52. The van der Waals surface area contributed by atoms with Crippen LogP contribution in [0.1, 0.15) is 22.3 Å². The van der Waals surface area contributed by atoms with E-state index in [4.69, 9.17) is 0 Å². The van der Waals surface area contributed by atoms with Gasteiger partial charge in [-0.15, -0.1) is 0 Å². The average Bonchev–Trinajstić information content (AvgIpc) is 4.07. The van der Waals surface area contributed by atoms with Crippen LogP contribution in [0, 0.1) is 0 Å². The van der Waals surface area contributed by atoms with Crippen LogP contribution in [0.5, 0.6) is 0 Å². The van der Waals surface area contributed by atoms with Crippen LogP contribution in [0.4, 0.5) is 17.1 Å². The van der Waals surface area contributed by atoms with Gasteiger partial charge in [0.1, 0.15) is 0 Å². The number of rotatable bonds is 5. The zero-order valence-corrected chi connectivity index (χ0v) is 39.8. The number of aromatic nitrogens is 1. The van der Waals surface area contributed by atoms with E-state index in [1.165, 1.54) is 115 Å². The third-order valence-electron chi connectivity index (χ3n) is 16.3. The zero-order valence-electron chi connectivity index (χ0n) is 39.8. The summed E-state index contributed by atoms with van der Waals surface area (Å²) in [5.74, 6) is 0. The Morgan fingerprint density at radius 3 is 1.42 bits per heavy atom. The minimum atomic E-state index is -0.526. The van der Waals surface area contributed by atoms with Crippen LogP contribution in [0.2, 0.25) is 0 Å². The first-order valence-electron chi connectivity index (χ1n) is 25.4. The second kappa shape index (κ2) is 15.3. The Balaban J connectivity index is 1.04. The molecular formula is C71H44N2. The maximum absolute atomic E-state index is 2.57. The van der Waals surface area contributed by atoms with Gasteiger partial charge in [-0.25, -0.2) is 0 Å². The summed E-state index contributed by atoms with van der Waals surface area (Å²) in [7, 11) is 0. The Morgan fingerprint density at radius 1 is 0.274 bits per heavy atom. The van der Waals surface area contributed by atoms with Gasteiger partial charge in [0.05, 0.1) is 22.1 Å². The van der Waals surface area contributed by atoms with Crippen molar-refractivity contribution >= 4 is 82.0 Å². The van der Waals surface area contributed by atoms with Crippen LogP contribution in [0.3, 0.4) is 0 Å². The third-order valence-corrected chi connectivity index (χ3v) is 16.3. The summed E-state index contributed by atoms with van der Waals surface area (Å²) in [6.45, 7) is 0. The van der Waals surface area contributed by atoms with Gasteiger partial charge in [-0.3, -0.25) is 0 Å². The Labute approximate surface area is 422 Å². The number of hydrogen-bond acceptors (Lipinski definition) is 1. The zero-order chi connectivity index (χ0) is 47.8. The Morgan fingerprint density at radius 2 is 0.781 bits per heavy atom. The molecule has 0 saturated carbocycles. The van der Waals surface area contributed by atoms with E-state index in [0.29, 0.717) is 0 Å². The molecule has 2 heteroatoms. The van der Waals surface area contributed by atoms with Crippen LogP contribution in [-0.2, 0) is 5.41 Å². The predicted molar refractivity (Wildman–Crippen MR) is 307 cm³/mol. The van der Waals surface area contributed by atoms with E-state index in [0.717, 1.165) is 28.3 Å². The molecule has 0 bridgehead atoms. The maximum Gasteiger partial charge on any atom is 0.0726 e. The summed E-state index contributed by atoms with van der Waals surface area (Å²) in [6, 6.07) is 100. The lowest BCUT2D eigenvalue weighted by Crippen LogP contribution is -2.26. The van der Waals surface area contributed by atoms with Crippen molar-refractivity contribution in [2.24, 2.45) is 0 Å². The molecule has 2 aliphatic carbocycles. The van der Waals surface area contributed by atoms with Gasteiger partial charge in [0.2, 0.25) is 0 Å². The number of hydrogen-bond donors (Lipinski definition) is 0. The van der Waals surface area contributed by atoms with Crippen LogP contribution in [0.15, 0.2) is 267 Å². The highest BCUT2D eigenvalue weighted by atomic mass is 15.1. The van der Waals surface area contributed by atoms with E-state index >= 15 is 0 Å². The molecule has 1 aromatic heterocycles. The first kappa shape index (κ1) is 40.3. The number of para-hydroxylation sites is 2. The second-order valence-electron chi connectivity index (χ2n) is 19.9. The lowest BCUT2D eigenvalue weighted by Gasteiger charge is -2.33. The Hall–Kier alpha value is -9.50. The minimum absolute atomic E-state index is 0.526. The monoisotopic (exact) mass is 924 g/mol. The van der Waals surface area contributed by atoms with Crippen LogP contribution >= 0.6 is 0 Å². The highest BCUT2D eigenvalue weighted by molar-refractivity contribution is 6.26. The molecular weight excluding hydrogens is 881 g/mol. The van der Waals surface area contributed by atoms with Crippen molar-refractivity contribution in [1.82, 2.24) is 4.57 Å². The number of anilines is 3. The SMILES string of the molecule is c1ccc(N(c2ccc3c4ccccc4c4ccccc4c3c2)c2cc3c(cc2-c2ccc4c(c2)c2cc5ccccc5cc2n4-c2ccccc2)-c2ccccc2C32c3ccccc3-c3ccccc32)cc1. The van der Waals surface area contributed by atoms with Gasteiger partial charge >= 0.3 is 0 Å². The molecule has 1 heterocycles. The summed E-state index contributed by atoms with van der Waals surface area (Å²) in [5, 5.41) is 12.5. The van der Waals surface area contributed by atoms with Crippen LogP contribution < -0.4 is 4.90 Å². The van der Waals surface area contributed by atoms with Gasteiger partial charge in [0.25, 0.3) is 0 Å². The van der Waals surface area contributed by atoms with Crippen LogP contribution in [0.25, 0.3) is 104 Å². The van der Waals surface area contributed by atoms with Gasteiger partial charge in [-0.05, 0) is 166 Å². The van der Waals surface area contributed by atoms with Gasteiger partial charge < -0.3 is 9.47 Å². The molecule has 0 atom stereocenters. The molecule has 2 aliphatic rings. The van der Waals surface area contributed by atoms with Gasteiger partial charge in [0.15, 0.2) is 0 Å². The van der Waals surface area contributed by atoms with Crippen molar-refractivity contribution < 1.29 is 0 Å². The summed E-state index contributed by atoms with van der Waals surface area (Å²) in [4.78, 5) is 2.54. The second-order valence-corrected chi connectivity index (χ2v) is 19.9. The molecule has 14 aromatic rings. The summed E-state index contributed by atoms with van der Waals surface area (Å²) in [6.07, 6.45) is 0. The van der Waals surface area contributed by atoms with Gasteiger partial charge in [-0.2, -0.15) is 0 Å². The predicted octanol–water partition coefficient (Wildman–Crippen LogP) is 18.9. The molecule has 0 saturated heterocycles. The fourth-order valence-corrected chi connectivity index (χ4v) is 13.3. The summed E-state index contributed by atoms with van der Waals surface area (Å²) >= 11 is 0. The fraction of sp³-hybridized carbons (Fsp3) is 0.0141. The molecule has 0 fully saturated rings. The average molecular weight is 925 g/mol. The van der Waals surface area contributed by atoms with Crippen molar-refractivity contribution in [2.45, 2.75) is 5.41 Å². The van der Waals surface area contributed by atoms with Crippen molar-refractivity contribution in [3.63, 3.8) is 0 Å². The molecule has 13 aromatic carbocycles. The molecule has 1 spiro atoms. The maximum atomic E-state index is 2.57. The molecule has 338 valence electrons. The molecule has 0 unspecified atom stereocenters. The molecule has 2 nitrogen and oxygen atoms in total. The van der Waals surface area contributed by atoms with E-state index in [-0.39, 0.29) is 0 Å². The van der Waals surface area contributed by atoms with Crippen molar-refractivity contribution in [2.75, 3.05) is 4.90 Å². The lowest BCUT2D eigenvalue weighted by atomic mass is 9.70. The quantitative estimate of drug-likeness (QED) is 0.156. The van der Waals surface area contributed by atoms with E-state index in [9.17, 15) is 0 Å². The fourth-order valence-electron chi connectivity index (χ4n) is 13.3. The van der Waals surface area contributed by atoms with E-state index in [1.807, 2.05) is 0 Å². The Kier molecular flexibility index (Phi) is 8.41. The molecule has 0 N–H and O–H groups in total. The lowest BCUT2D eigenvalue weighted by molar-refractivity contribution is 0.794. The molecule has 0 aliphatic heterocycles. The Bertz CT molecular complexity index is 4540. The molecule has 0 amide bonds. The van der Waals surface area contributed by atoms with E-state index in [2.05, 4.69) is 276 Å². The number of fused-ring (bicyclic) bond motifs is 20. The minimum Gasteiger partial charge on any atom is -0.310 e. The third kappa shape index (κ3) is 5.58. The van der Waals surface area contributed by atoms with Crippen molar-refractivity contribution in [3.8, 4) is 39.1 Å². The standard InChI is InChI=1S/C71H44N2/c1-3-21-48(22-4-1)72(50-36-37-55-53-27-10-9-25-51(53)52-26-11-12-28-54(52)60(55)42-50)70-44-67-61(58-31-15-18-34-66(58)71(67)64-32-16-13-29-56(64)57-30-14-17-33-65(57)71)43-59(70)47-35-38-68-62(40-47)63-39-45-19-7-8-20-46(45)41-69(63)73(68)49-23-5-2-6-24-49/h1-44H. The number of nitrogens with zero attached hydrogens (tertiary/aromatic N) is 2. The molecule has 16 rings (SSSR count). The molecule has 0 radical (unpaired) electrons. The normalized spacial score (nSPS) is 13.0. The summed E-state index contributed by atoms with van der Waals surface area (Å²) in [5.41, 5.74) is 19.1. The van der Waals surface area contributed by atoms with E-state index < -0.39 is 5.41 Å². The number of benzene rings is 13. The summed E-state index contributed by atoms with van der Waals surface area (Å²) < 4.78 is 2.44. The first-order valence-corrected chi connectivity index (χ1v) is 25.4. The topological polar surface area (TPSA) is 8.17 Å². The molecule has 73 heavy (non-hydrogen) atoms. The van der Waals surface area contributed by atoms with E-state index in [1.54, 1.807) is 0 Å². The largest absolute Gasteiger partial charge is 0.310 e. The van der Waals surface area contributed by atoms with Crippen LogP contribution in [-0.4, -0.2) is 4.57 Å². The first-order chi connectivity index (χ1) is 36.2.